The number of nitrogens with zero attached hydrogens (tertiary/aromatic N) is 2. The zero-order chi connectivity index (χ0) is 15.9. The lowest BCUT2D eigenvalue weighted by Crippen LogP contribution is -2.15. The molecule has 2 N–H and O–H groups in total. The Morgan fingerprint density at radius 3 is 2.58 bits per heavy atom. The maximum Gasteiger partial charge on any atom is 0.163 e. The molecule has 6 nitrogen and oxygen atoms in total. The molecule has 0 radical (unpaired) electrons. The van der Waals surface area contributed by atoms with Crippen molar-refractivity contribution in [3.63, 3.8) is 0 Å². The van der Waals surface area contributed by atoms with Crippen LogP contribution in [0.4, 0.5) is 11.5 Å². The highest BCUT2D eigenvalue weighted by Gasteiger charge is 2.17. The number of nitrogens with one attached hydrogen (secondary N) is 2. The topological polar surface area (TPSA) is 72.1 Å². The predicted octanol–water partition coefficient (Wildman–Crippen LogP) is 3.63. The van der Waals surface area contributed by atoms with Crippen LogP contribution in [0, 0.1) is 0 Å². The number of anilines is 2. The minimum atomic E-state index is 0.566. The van der Waals surface area contributed by atoms with Gasteiger partial charge >= 0.3 is 0 Å². The Morgan fingerprint density at radius 2 is 1.75 bits per heavy atom. The van der Waals surface area contributed by atoms with E-state index in [0.29, 0.717) is 13.2 Å². The fourth-order valence-corrected chi connectivity index (χ4v) is 2.98. The highest BCUT2D eigenvalue weighted by atomic mass is 16.6. The molecule has 1 aliphatic rings. The average Bonchev–Trinajstić information content (AvgIpc) is 2.99. The first-order valence-electron chi connectivity index (χ1n) is 7.76. The van der Waals surface area contributed by atoms with Gasteiger partial charge in [0.1, 0.15) is 30.6 Å². The smallest absolute Gasteiger partial charge is 0.163 e. The molecule has 0 spiro atoms. The van der Waals surface area contributed by atoms with E-state index < -0.39 is 0 Å². The second kappa shape index (κ2) is 5.13. The second-order valence-corrected chi connectivity index (χ2v) is 5.60. The van der Waals surface area contributed by atoms with Crippen molar-refractivity contribution < 1.29 is 9.47 Å². The van der Waals surface area contributed by atoms with E-state index in [0.717, 1.165) is 44.9 Å². The minimum Gasteiger partial charge on any atom is -0.486 e. The number of aromatic nitrogens is 3. The quantitative estimate of drug-likeness (QED) is 0.590. The summed E-state index contributed by atoms with van der Waals surface area (Å²) in [6.07, 6.45) is 1.57. The highest BCUT2D eigenvalue weighted by Crippen LogP contribution is 2.38. The molecule has 1 aliphatic heterocycles. The summed E-state index contributed by atoms with van der Waals surface area (Å²) in [4.78, 5) is 12.2. The van der Waals surface area contributed by atoms with Crippen molar-refractivity contribution in [1.29, 1.82) is 0 Å². The molecule has 0 aliphatic carbocycles. The van der Waals surface area contributed by atoms with E-state index in [1.54, 1.807) is 6.33 Å². The molecule has 0 atom stereocenters. The standard InChI is InChI=1S/C18H14N4O2/c1-2-4-11(5-3-1)21-18-17-16(19-10-20-18)12-8-14-15(9-13(12)22-17)24-7-6-23-14/h1-5,8-10,22H,6-7H2,(H,19,20,21). The lowest BCUT2D eigenvalue weighted by molar-refractivity contribution is 0.172. The van der Waals surface area contributed by atoms with Crippen molar-refractivity contribution in [3.8, 4) is 11.5 Å². The third kappa shape index (κ3) is 2.04. The molecule has 0 unspecified atom stereocenters. The highest BCUT2D eigenvalue weighted by molar-refractivity contribution is 6.09. The number of benzene rings is 2. The lowest BCUT2D eigenvalue weighted by Gasteiger charge is -2.17. The van der Waals surface area contributed by atoms with Crippen molar-refractivity contribution in [2.45, 2.75) is 0 Å². The van der Waals surface area contributed by atoms with Gasteiger partial charge in [-0.2, -0.15) is 0 Å². The van der Waals surface area contributed by atoms with Gasteiger partial charge in [-0.05, 0) is 18.2 Å². The van der Waals surface area contributed by atoms with Crippen LogP contribution in [-0.4, -0.2) is 28.2 Å². The average molecular weight is 318 g/mol. The Balaban J connectivity index is 1.69. The largest absolute Gasteiger partial charge is 0.486 e. The summed E-state index contributed by atoms with van der Waals surface area (Å²) in [5.41, 5.74) is 3.64. The predicted molar refractivity (Wildman–Crippen MR) is 92.1 cm³/mol. The van der Waals surface area contributed by atoms with Gasteiger partial charge in [-0.1, -0.05) is 18.2 Å². The monoisotopic (exact) mass is 318 g/mol. The van der Waals surface area contributed by atoms with Crippen LogP contribution >= 0.6 is 0 Å². The third-order valence-corrected chi connectivity index (χ3v) is 4.08. The molecule has 118 valence electrons. The molecule has 5 rings (SSSR count). The number of fused-ring (bicyclic) bond motifs is 4. The second-order valence-electron chi connectivity index (χ2n) is 5.60. The van der Waals surface area contributed by atoms with Gasteiger partial charge in [0.15, 0.2) is 17.3 Å². The van der Waals surface area contributed by atoms with Crippen LogP contribution in [0.15, 0.2) is 48.8 Å². The Morgan fingerprint density at radius 1 is 0.958 bits per heavy atom. The Labute approximate surface area is 137 Å². The molecule has 24 heavy (non-hydrogen) atoms. The molecule has 0 saturated heterocycles. The molecule has 0 amide bonds. The van der Waals surface area contributed by atoms with Crippen LogP contribution in [0.3, 0.4) is 0 Å². The van der Waals surface area contributed by atoms with Crippen LogP contribution in [0.2, 0.25) is 0 Å². The van der Waals surface area contributed by atoms with Crippen molar-refractivity contribution in [2.24, 2.45) is 0 Å². The molecule has 3 heterocycles. The first-order valence-corrected chi connectivity index (χ1v) is 7.76. The zero-order valence-corrected chi connectivity index (χ0v) is 12.7. The van der Waals surface area contributed by atoms with Crippen molar-refractivity contribution in [1.82, 2.24) is 15.0 Å². The van der Waals surface area contributed by atoms with Gasteiger partial charge in [-0.15, -0.1) is 0 Å². The van der Waals surface area contributed by atoms with Gasteiger partial charge in [0.25, 0.3) is 0 Å². The Hall–Kier alpha value is -3.28. The lowest BCUT2D eigenvalue weighted by atomic mass is 10.2. The Kier molecular flexibility index (Phi) is 2.82. The summed E-state index contributed by atoms with van der Waals surface area (Å²) in [6.45, 7) is 1.13. The molecule has 0 bridgehead atoms. The van der Waals surface area contributed by atoms with Gasteiger partial charge in [0.2, 0.25) is 0 Å². The van der Waals surface area contributed by atoms with E-state index in [-0.39, 0.29) is 0 Å². The summed E-state index contributed by atoms with van der Waals surface area (Å²) >= 11 is 0. The number of hydrogen-bond donors (Lipinski definition) is 2. The summed E-state index contributed by atoms with van der Waals surface area (Å²) in [5.74, 6) is 2.25. The summed E-state index contributed by atoms with van der Waals surface area (Å²) in [7, 11) is 0. The van der Waals surface area contributed by atoms with Gasteiger partial charge in [0.05, 0.1) is 5.52 Å². The van der Waals surface area contributed by atoms with Crippen LogP contribution in [0.1, 0.15) is 0 Å². The molecule has 0 fully saturated rings. The molecule has 2 aromatic heterocycles. The van der Waals surface area contributed by atoms with E-state index in [1.165, 1.54) is 0 Å². The van der Waals surface area contributed by atoms with Crippen LogP contribution in [0.25, 0.3) is 21.9 Å². The number of hydrogen-bond acceptors (Lipinski definition) is 5. The van der Waals surface area contributed by atoms with Crippen LogP contribution in [-0.2, 0) is 0 Å². The maximum atomic E-state index is 5.68. The summed E-state index contributed by atoms with van der Waals surface area (Å²) in [6, 6.07) is 13.9. The SMILES string of the molecule is c1ccc(Nc2ncnc3c2[nH]c2cc4c(cc23)OCCO4)cc1. The zero-order valence-electron chi connectivity index (χ0n) is 12.7. The Bertz CT molecular complexity index is 1040. The molecular formula is C18H14N4O2. The van der Waals surface area contributed by atoms with Crippen molar-refractivity contribution >= 4 is 33.4 Å². The van der Waals surface area contributed by atoms with Crippen LogP contribution < -0.4 is 14.8 Å². The van der Waals surface area contributed by atoms with Gasteiger partial charge in [-0.3, -0.25) is 0 Å². The van der Waals surface area contributed by atoms with E-state index in [2.05, 4.69) is 20.3 Å². The van der Waals surface area contributed by atoms with E-state index in [1.807, 2.05) is 42.5 Å². The number of H-pyrrole nitrogens is 1. The van der Waals surface area contributed by atoms with Gasteiger partial charge in [0, 0.05) is 17.1 Å². The van der Waals surface area contributed by atoms with Crippen LogP contribution in [0.5, 0.6) is 11.5 Å². The molecule has 6 heteroatoms. The fourth-order valence-electron chi connectivity index (χ4n) is 2.98. The maximum absolute atomic E-state index is 5.68. The van der Waals surface area contributed by atoms with Gasteiger partial charge in [-0.25, -0.2) is 9.97 Å². The normalized spacial score (nSPS) is 13.3. The van der Waals surface area contributed by atoms with Crippen molar-refractivity contribution in [2.75, 3.05) is 18.5 Å². The van der Waals surface area contributed by atoms with E-state index in [9.17, 15) is 0 Å². The minimum absolute atomic E-state index is 0.566. The summed E-state index contributed by atoms with van der Waals surface area (Å²) < 4.78 is 11.3. The summed E-state index contributed by atoms with van der Waals surface area (Å²) in [5, 5.41) is 4.33. The van der Waals surface area contributed by atoms with Gasteiger partial charge < -0.3 is 19.8 Å². The number of aromatic amines is 1. The van der Waals surface area contributed by atoms with E-state index in [4.69, 9.17) is 9.47 Å². The number of rotatable bonds is 2. The first kappa shape index (κ1) is 13.2. The number of ether oxygens (including phenoxy) is 2. The molecule has 0 saturated carbocycles. The van der Waals surface area contributed by atoms with E-state index >= 15 is 0 Å². The van der Waals surface area contributed by atoms with Crippen molar-refractivity contribution in [3.05, 3.63) is 48.8 Å². The first-order chi connectivity index (χ1) is 11.9. The third-order valence-electron chi connectivity index (χ3n) is 4.08. The molecule has 2 aromatic carbocycles. The molecular weight excluding hydrogens is 304 g/mol. The fraction of sp³-hybridized carbons (Fsp3) is 0.111. The number of para-hydroxylation sites is 1. The molecule has 4 aromatic rings.